The number of para-hydroxylation sites is 1. The molecule has 1 saturated heterocycles. The number of anilines is 1. The summed E-state index contributed by atoms with van der Waals surface area (Å²) >= 11 is 3.13. The van der Waals surface area contributed by atoms with Crippen molar-refractivity contribution in [1.82, 2.24) is 0 Å². The smallest absolute Gasteiger partial charge is 0.261 e. The molecule has 1 aliphatic heterocycles. The first kappa shape index (κ1) is 17.6. The SMILES string of the molecule is O=C(/C=C/c1ccccc1)C(C(=O)Nc1ccccc1)=C1SCCS1. The number of hydrogen-bond acceptors (Lipinski definition) is 4. The molecule has 1 heterocycles. The number of thioether (sulfide) groups is 2. The number of benzene rings is 2. The van der Waals surface area contributed by atoms with Gasteiger partial charge in [-0.3, -0.25) is 9.59 Å². The molecule has 1 fully saturated rings. The van der Waals surface area contributed by atoms with Crippen LogP contribution in [0.3, 0.4) is 0 Å². The molecule has 2 aromatic rings. The van der Waals surface area contributed by atoms with E-state index in [-0.39, 0.29) is 17.3 Å². The maximum absolute atomic E-state index is 12.7. The van der Waals surface area contributed by atoms with Crippen molar-refractivity contribution >= 4 is 47.0 Å². The zero-order valence-electron chi connectivity index (χ0n) is 13.5. The number of carbonyl (C=O) groups is 2. The maximum atomic E-state index is 12.7. The molecule has 0 radical (unpaired) electrons. The van der Waals surface area contributed by atoms with E-state index in [0.717, 1.165) is 21.3 Å². The summed E-state index contributed by atoms with van der Waals surface area (Å²) in [5.74, 6) is 1.20. The lowest BCUT2D eigenvalue weighted by molar-refractivity contribution is -0.117. The molecule has 3 nitrogen and oxygen atoms in total. The minimum atomic E-state index is -0.356. The number of rotatable bonds is 5. The van der Waals surface area contributed by atoms with Crippen LogP contribution in [0.25, 0.3) is 6.08 Å². The summed E-state index contributed by atoms with van der Waals surface area (Å²) in [7, 11) is 0. The van der Waals surface area contributed by atoms with E-state index in [0.29, 0.717) is 5.69 Å². The number of allylic oxidation sites excluding steroid dienone is 1. The number of nitrogens with one attached hydrogen (secondary N) is 1. The van der Waals surface area contributed by atoms with E-state index < -0.39 is 0 Å². The fraction of sp³-hybridized carbons (Fsp3) is 0.100. The van der Waals surface area contributed by atoms with E-state index in [9.17, 15) is 9.59 Å². The topological polar surface area (TPSA) is 46.2 Å². The van der Waals surface area contributed by atoms with Gasteiger partial charge in [0.05, 0.1) is 4.24 Å². The average Bonchev–Trinajstić information content (AvgIpc) is 3.16. The van der Waals surface area contributed by atoms with Crippen LogP contribution in [0.1, 0.15) is 5.56 Å². The first-order valence-corrected chi connectivity index (χ1v) is 9.85. The Balaban J connectivity index is 1.83. The molecule has 1 amide bonds. The third-order valence-corrected chi connectivity index (χ3v) is 6.20. The van der Waals surface area contributed by atoms with Crippen molar-refractivity contribution in [2.24, 2.45) is 0 Å². The quantitative estimate of drug-likeness (QED) is 0.477. The Morgan fingerprint density at radius 3 is 2.12 bits per heavy atom. The fourth-order valence-corrected chi connectivity index (χ4v) is 4.84. The molecule has 0 atom stereocenters. The van der Waals surface area contributed by atoms with Crippen LogP contribution in [0.5, 0.6) is 0 Å². The number of ketones is 1. The minimum Gasteiger partial charge on any atom is -0.322 e. The third kappa shape index (κ3) is 4.87. The number of amides is 1. The molecule has 3 rings (SSSR count). The lowest BCUT2D eigenvalue weighted by Gasteiger charge is -2.09. The summed E-state index contributed by atoms with van der Waals surface area (Å²) in [5.41, 5.74) is 1.83. The highest BCUT2D eigenvalue weighted by Crippen LogP contribution is 2.39. The van der Waals surface area contributed by atoms with Gasteiger partial charge in [-0.25, -0.2) is 0 Å². The minimum absolute atomic E-state index is 0.225. The molecule has 1 aliphatic rings. The van der Waals surface area contributed by atoms with Gasteiger partial charge in [-0.05, 0) is 23.8 Å². The van der Waals surface area contributed by atoms with E-state index in [1.54, 1.807) is 41.7 Å². The van der Waals surface area contributed by atoms with Crippen LogP contribution in [-0.4, -0.2) is 23.2 Å². The Kier molecular flexibility index (Phi) is 6.14. The predicted octanol–water partition coefficient (Wildman–Crippen LogP) is 4.60. The molecular weight excluding hydrogens is 350 g/mol. The summed E-state index contributed by atoms with van der Waals surface area (Å²) in [6.45, 7) is 0. The summed E-state index contributed by atoms with van der Waals surface area (Å²) in [4.78, 5) is 25.4. The highest BCUT2D eigenvalue weighted by molar-refractivity contribution is 8.25. The number of carbonyl (C=O) groups excluding carboxylic acids is 2. The lowest BCUT2D eigenvalue weighted by Crippen LogP contribution is -2.20. The van der Waals surface area contributed by atoms with Gasteiger partial charge >= 0.3 is 0 Å². The molecule has 0 saturated carbocycles. The third-order valence-electron chi connectivity index (χ3n) is 3.49. The van der Waals surface area contributed by atoms with Gasteiger partial charge in [0.25, 0.3) is 5.91 Å². The van der Waals surface area contributed by atoms with Crippen molar-refractivity contribution in [3.63, 3.8) is 0 Å². The van der Waals surface area contributed by atoms with Gasteiger partial charge in [-0.15, -0.1) is 23.5 Å². The first-order valence-electron chi connectivity index (χ1n) is 7.88. The molecule has 126 valence electrons. The number of hydrogen-bond donors (Lipinski definition) is 1. The van der Waals surface area contributed by atoms with Gasteiger partial charge in [0, 0.05) is 17.2 Å². The van der Waals surface area contributed by atoms with Crippen LogP contribution < -0.4 is 5.32 Å². The van der Waals surface area contributed by atoms with Gasteiger partial charge in [0.15, 0.2) is 5.78 Å². The van der Waals surface area contributed by atoms with E-state index in [2.05, 4.69) is 5.32 Å². The maximum Gasteiger partial charge on any atom is 0.261 e. The molecule has 0 bridgehead atoms. The lowest BCUT2D eigenvalue weighted by atomic mass is 10.1. The molecular formula is C20H17NO2S2. The van der Waals surface area contributed by atoms with Crippen molar-refractivity contribution in [3.8, 4) is 0 Å². The van der Waals surface area contributed by atoms with Crippen LogP contribution in [0.2, 0.25) is 0 Å². The highest BCUT2D eigenvalue weighted by atomic mass is 32.2. The first-order chi connectivity index (χ1) is 12.2. The largest absolute Gasteiger partial charge is 0.322 e. The highest BCUT2D eigenvalue weighted by Gasteiger charge is 2.24. The van der Waals surface area contributed by atoms with E-state index >= 15 is 0 Å². The van der Waals surface area contributed by atoms with E-state index in [1.807, 2.05) is 48.5 Å². The molecule has 5 heteroatoms. The average molecular weight is 367 g/mol. The fourth-order valence-electron chi connectivity index (χ4n) is 2.29. The van der Waals surface area contributed by atoms with Crippen molar-refractivity contribution in [3.05, 3.63) is 82.1 Å². The molecule has 0 aliphatic carbocycles. The Bertz CT molecular complexity index is 806. The van der Waals surface area contributed by atoms with Gasteiger partial charge in [-0.2, -0.15) is 0 Å². The van der Waals surface area contributed by atoms with Gasteiger partial charge in [0.2, 0.25) is 0 Å². The summed E-state index contributed by atoms with van der Waals surface area (Å²) in [6.07, 6.45) is 3.21. The standard InChI is InChI=1S/C20H17NO2S2/c22-17(12-11-15-7-3-1-4-8-15)18(20-24-13-14-25-20)19(23)21-16-9-5-2-6-10-16/h1-12H,13-14H2,(H,21,23)/b12-11+. The van der Waals surface area contributed by atoms with E-state index in [1.165, 1.54) is 6.08 Å². The summed E-state index contributed by atoms with van der Waals surface area (Å²) in [5, 5.41) is 2.82. The second kappa shape index (κ2) is 8.74. The summed E-state index contributed by atoms with van der Waals surface area (Å²) < 4.78 is 0.802. The van der Waals surface area contributed by atoms with Crippen molar-refractivity contribution in [2.75, 3.05) is 16.8 Å². The second-order valence-electron chi connectivity index (χ2n) is 5.29. The Morgan fingerprint density at radius 2 is 1.48 bits per heavy atom. The Hall–Kier alpha value is -2.24. The molecule has 0 spiro atoms. The van der Waals surface area contributed by atoms with Crippen LogP contribution in [0.4, 0.5) is 5.69 Å². The Labute approximate surface area is 155 Å². The normalized spacial score (nSPS) is 13.8. The van der Waals surface area contributed by atoms with Gasteiger partial charge in [0.1, 0.15) is 5.57 Å². The zero-order chi connectivity index (χ0) is 17.5. The van der Waals surface area contributed by atoms with Gasteiger partial charge in [-0.1, -0.05) is 54.6 Å². The van der Waals surface area contributed by atoms with Crippen LogP contribution in [0, 0.1) is 0 Å². The van der Waals surface area contributed by atoms with Crippen molar-refractivity contribution in [1.29, 1.82) is 0 Å². The van der Waals surface area contributed by atoms with Crippen LogP contribution >= 0.6 is 23.5 Å². The van der Waals surface area contributed by atoms with E-state index in [4.69, 9.17) is 0 Å². The summed E-state index contributed by atoms with van der Waals surface area (Å²) in [6, 6.07) is 18.8. The monoisotopic (exact) mass is 367 g/mol. The molecule has 2 aromatic carbocycles. The van der Waals surface area contributed by atoms with Crippen LogP contribution in [0.15, 0.2) is 76.5 Å². The second-order valence-corrected chi connectivity index (χ2v) is 7.76. The molecule has 1 N–H and O–H groups in total. The Morgan fingerprint density at radius 1 is 0.880 bits per heavy atom. The van der Waals surface area contributed by atoms with Crippen molar-refractivity contribution in [2.45, 2.75) is 0 Å². The zero-order valence-corrected chi connectivity index (χ0v) is 15.1. The molecule has 0 aromatic heterocycles. The van der Waals surface area contributed by atoms with Crippen LogP contribution in [-0.2, 0) is 9.59 Å². The van der Waals surface area contributed by atoms with Gasteiger partial charge < -0.3 is 5.32 Å². The molecule has 25 heavy (non-hydrogen) atoms. The predicted molar refractivity (Wildman–Crippen MR) is 107 cm³/mol. The molecule has 0 unspecified atom stereocenters. The van der Waals surface area contributed by atoms with Crippen molar-refractivity contribution < 1.29 is 9.59 Å².